The highest BCUT2D eigenvalue weighted by molar-refractivity contribution is 5.79. The zero-order chi connectivity index (χ0) is 19.3. The van der Waals surface area contributed by atoms with Crippen molar-refractivity contribution >= 4 is 12.1 Å². The number of nitrogens with one attached hydrogen (secondary N) is 3. The van der Waals surface area contributed by atoms with Gasteiger partial charge in [0.2, 0.25) is 0 Å². The lowest BCUT2D eigenvalue weighted by Crippen LogP contribution is -2.42. The molecular formula is C19H32N4O3. The third-order valence-corrected chi connectivity index (χ3v) is 3.01. The minimum Gasteiger partial charge on any atom is -0.494 e. The summed E-state index contributed by atoms with van der Waals surface area (Å²) in [4.78, 5) is 16.1. The maximum atomic E-state index is 11.6. The standard InChI is InChI=1S/C19H32N4O3/c1-5-20-17(22-13-14-23-18(24)26-19(2,3)4)21-12-9-15-25-16-10-7-6-8-11-16/h6-8,10-11H,5,9,12-15H2,1-4H3,(H,23,24)(H2,20,21,22). The predicted octanol–water partition coefficient (Wildman–Crippen LogP) is 2.54. The molecule has 1 amide bonds. The van der Waals surface area contributed by atoms with Crippen LogP contribution in [-0.4, -0.2) is 50.4 Å². The number of ether oxygens (including phenoxy) is 2. The fourth-order valence-electron chi connectivity index (χ4n) is 1.96. The van der Waals surface area contributed by atoms with Gasteiger partial charge in [0.25, 0.3) is 0 Å². The number of rotatable bonds is 9. The molecule has 0 aromatic heterocycles. The van der Waals surface area contributed by atoms with Crippen LogP contribution in [0.5, 0.6) is 5.75 Å². The first kappa shape index (κ1) is 21.6. The number of aliphatic imine (C=N–C) groups is 1. The van der Waals surface area contributed by atoms with Crippen LogP contribution in [0.25, 0.3) is 0 Å². The summed E-state index contributed by atoms with van der Waals surface area (Å²) in [5.41, 5.74) is -0.490. The smallest absolute Gasteiger partial charge is 0.407 e. The van der Waals surface area contributed by atoms with E-state index in [1.807, 2.05) is 58.0 Å². The van der Waals surface area contributed by atoms with Gasteiger partial charge in [-0.3, -0.25) is 4.99 Å². The molecule has 7 nitrogen and oxygen atoms in total. The van der Waals surface area contributed by atoms with Crippen LogP contribution in [0.15, 0.2) is 35.3 Å². The number of hydrogen-bond acceptors (Lipinski definition) is 4. The van der Waals surface area contributed by atoms with Gasteiger partial charge in [0, 0.05) is 32.6 Å². The van der Waals surface area contributed by atoms with Crippen LogP contribution >= 0.6 is 0 Å². The quantitative estimate of drug-likeness (QED) is 0.356. The number of amides is 1. The Balaban J connectivity index is 2.21. The second-order valence-corrected chi connectivity index (χ2v) is 6.63. The molecule has 0 bridgehead atoms. The summed E-state index contributed by atoms with van der Waals surface area (Å²) in [6.07, 6.45) is 0.404. The number of carbonyl (C=O) groups is 1. The summed E-state index contributed by atoms with van der Waals surface area (Å²) in [7, 11) is 0. The van der Waals surface area contributed by atoms with Crippen LogP contribution in [0.3, 0.4) is 0 Å². The average molecular weight is 364 g/mol. The Hall–Kier alpha value is -2.44. The molecule has 1 rings (SSSR count). The summed E-state index contributed by atoms with van der Waals surface area (Å²) in [6.45, 7) is 10.6. The predicted molar refractivity (Wildman–Crippen MR) is 105 cm³/mol. The average Bonchev–Trinajstić information content (AvgIpc) is 2.57. The molecule has 0 aliphatic carbocycles. The van der Waals surface area contributed by atoms with Crippen LogP contribution in [-0.2, 0) is 4.74 Å². The molecule has 0 heterocycles. The Morgan fingerprint density at radius 2 is 1.77 bits per heavy atom. The van der Waals surface area contributed by atoms with Crippen LogP contribution < -0.4 is 20.7 Å². The lowest BCUT2D eigenvalue weighted by Gasteiger charge is -2.19. The molecule has 3 N–H and O–H groups in total. The largest absolute Gasteiger partial charge is 0.494 e. The van der Waals surface area contributed by atoms with Gasteiger partial charge in [0.05, 0.1) is 6.61 Å². The van der Waals surface area contributed by atoms with E-state index in [-0.39, 0.29) is 0 Å². The molecule has 0 fully saturated rings. The summed E-state index contributed by atoms with van der Waals surface area (Å²) in [6, 6.07) is 9.74. The van der Waals surface area contributed by atoms with Gasteiger partial charge in [-0.25, -0.2) is 4.79 Å². The van der Waals surface area contributed by atoms with E-state index in [1.165, 1.54) is 0 Å². The maximum absolute atomic E-state index is 11.6. The molecule has 0 aliphatic rings. The van der Waals surface area contributed by atoms with Crippen molar-refractivity contribution in [1.82, 2.24) is 16.0 Å². The second-order valence-electron chi connectivity index (χ2n) is 6.63. The van der Waals surface area contributed by atoms with Gasteiger partial charge in [0.15, 0.2) is 5.96 Å². The van der Waals surface area contributed by atoms with Crippen LogP contribution in [0, 0.1) is 0 Å². The summed E-state index contributed by atoms with van der Waals surface area (Å²) in [5.74, 6) is 1.59. The van der Waals surface area contributed by atoms with Crippen molar-refractivity contribution in [3.8, 4) is 5.75 Å². The Labute approximate surface area is 156 Å². The first-order valence-corrected chi connectivity index (χ1v) is 9.07. The van der Waals surface area contributed by atoms with Gasteiger partial charge >= 0.3 is 6.09 Å². The highest BCUT2D eigenvalue weighted by atomic mass is 16.6. The van der Waals surface area contributed by atoms with E-state index < -0.39 is 11.7 Å². The molecule has 146 valence electrons. The summed E-state index contributed by atoms with van der Waals surface area (Å²) >= 11 is 0. The molecule has 0 aliphatic heterocycles. The highest BCUT2D eigenvalue weighted by Crippen LogP contribution is 2.08. The first-order chi connectivity index (χ1) is 12.4. The number of alkyl carbamates (subject to hydrolysis) is 1. The Bertz CT molecular complexity index is 541. The number of para-hydroxylation sites is 1. The van der Waals surface area contributed by atoms with Crippen molar-refractivity contribution < 1.29 is 14.3 Å². The van der Waals surface area contributed by atoms with Crippen molar-refractivity contribution in [1.29, 1.82) is 0 Å². The van der Waals surface area contributed by atoms with Gasteiger partial charge in [-0.05, 0) is 39.8 Å². The van der Waals surface area contributed by atoms with Gasteiger partial charge < -0.3 is 25.4 Å². The molecular weight excluding hydrogens is 332 g/mol. The van der Waals surface area contributed by atoms with Gasteiger partial charge in [-0.1, -0.05) is 18.2 Å². The molecule has 1 aromatic rings. The topological polar surface area (TPSA) is 84.0 Å². The minimum absolute atomic E-state index is 0.417. The fraction of sp³-hybridized carbons (Fsp3) is 0.579. The molecule has 7 heteroatoms. The Morgan fingerprint density at radius 3 is 2.42 bits per heavy atom. The van der Waals surface area contributed by atoms with E-state index in [1.54, 1.807) is 0 Å². The number of hydrogen-bond donors (Lipinski definition) is 3. The molecule has 0 saturated carbocycles. The molecule has 1 aromatic carbocycles. The van der Waals surface area contributed by atoms with E-state index >= 15 is 0 Å². The van der Waals surface area contributed by atoms with Crippen molar-refractivity contribution in [2.24, 2.45) is 4.99 Å². The fourth-order valence-corrected chi connectivity index (χ4v) is 1.96. The summed E-state index contributed by atoms with van der Waals surface area (Å²) in [5, 5.41) is 9.05. The van der Waals surface area contributed by atoms with Crippen molar-refractivity contribution in [3.05, 3.63) is 30.3 Å². The zero-order valence-electron chi connectivity index (χ0n) is 16.3. The van der Waals surface area contributed by atoms with E-state index in [0.29, 0.717) is 26.2 Å². The molecule has 0 atom stereocenters. The van der Waals surface area contributed by atoms with Crippen LogP contribution in [0.1, 0.15) is 34.1 Å². The maximum Gasteiger partial charge on any atom is 0.407 e. The Kier molecular flexibility index (Phi) is 9.97. The lowest BCUT2D eigenvalue weighted by molar-refractivity contribution is 0.0529. The highest BCUT2D eigenvalue weighted by Gasteiger charge is 2.15. The molecule has 0 radical (unpaired) electrons. The number of nitrogens with zero attached hydrogens (tertiary/aromatic N) is 1. The monoisotopic (exact) mass is 364 g/mol. The lowest BCUT2D eigenvalue weighted by atomic mass is 10.2. The van der Waals surface area contributed by atoms with Gasteiger partial charge in [-0.2, -0.15) is 0 Å². The first-order valence-electron chi connectivity index (χ1n) is 9.07. The molecule has 26 heavy (non-hydrogen) atoms. The SMILES string of the molecule is CCNC(=NCCCOc1ccccc1)NCCNC(=O)OC(C)(C)C. The number of benzene rings is 1. The third kappa shape index (κ3) is 11.2. The summed E-state index contributed by atoms with van der Waals surface area (Å²) < 4.78 is 10.8. The van der Waals surface area contributed by atoms with E-state index in [0.717, 1.165) is 24.7 Å². The van der Waals surface area contributed by atoms with Gasteiger partial charge in [-0.15, -0.1) is 0 Å². The second kappa shape index (κ2) is 12.0. The van der Waals surface area contributed by atoms with Gasteiger partial charge in [0.1, 0.15) is 11.4 Å². The molecule has 0 saturated heterocycles. The minimum atomic E-state index is -0.490. The number of carbonyl (C=O) groups excluding carboxylic acids is 1. The van der Waals surface area contributed by atoms with Crippen LogP contribution in [0.2, 0.25) is 0 Å². The van der Waals surface area contributed by atoms with Crippen molar-refractivity contribution in [2.45, 2.75) is 39.7 Å². The Morgan fingerprint density at radius 1 is 1.08 bits per heavy atom. The van der Waals surface area contributed by atoms with Crippen molar-refractivity contribution in [2.75, 3.05) is 32.8 Å². The van der Waals surface area contributed by atoms with E-state index in [2.05, 4.69) is 20.9 Å². The molecule has 0 unspecified atom stereocenters. The molecule has 0 spiro atoms. The van der Waals surface area contributed by atoms with Crippen molar-refractivity contribution in [3.63, 3.8) is 0 Å². The third-order valence-electron chi connectivity index (χ3n) is 3.01. The van der Waals surface area contributed by atoms with E-state index in [4.69, 9.17) is 9.47 Å². The van der Waals surface area contributed by atoms with E-state index in [9.17, 15) is 4.79 Å². The van der Waals surface area contributed by atoms with Crippen LogP contribution in [0.4, 0.5) is 4.79 Å². The number of guanidine groups is 1. The normalized spacial score (nSPS) is 11.6. The zero-order valence-corrected chi connectivity index (χ0v) is 16.3.